The molecule has 0 aliphatic heterocycles. The molecule has 0 bridgehead atoms. The topological polar surface area (TPSA) is 43.1 Å². The summed E-state index contributed by atoms with van der Waals surface area (Å²) in [5.74, 6) is 0.781. The number of aldehydes is 1. The fourth-order valence-corrected chi connectivity index (χ4v) is 1.30. The van der Waals surface area contributed by atoms with Crippen molar-refractivity contribution in [3.8, 4) is 11.3 Å². The first kappa shape index (κ1) is 8.69. The van der Waals surface area contributed by atoms with Crippen LogP contribution in [0.5, 0.6) is 0 Å². The van der Waals surface area contributed by atoms with Crippen molar-refractivity contribution in [2.75, 3.05) is 0 Å². The number of aryl methyl sites for hydroxylation is 1. The van der Waals surface area contributed by atoms with E-state index in [-0.39, 0.29) is 0 Å². The summed E-state index contributed by atoms with van der Waals surface area (Å²) in [5.41, 5.74) is 2.44. The third-order valence-corrected chi connectivity index (χ3v) is 2.06. The lowest BCUT2D eigenvalue weighted by molar-refractivity contribution is 0.112. The maximum absolute atomic E-state index is 10.4. The van der Waals surface area contributed by atoms with Crippen LogP contribution in [0.25, 0.3) is 11.3 Å². The van der Waals surface area contributed by atoms with Crippen LogP contribution in [0.3, 0.4) is 0 Å². The lowest BCUT2D eigenvalue weighted by Crippen LogP contribution is -1.82. The van der Waals surface area contributed by atoms with Gasteiger partial charge in [-0.15, -0.1) is 0 Å². The molecule has 0 saturated heterocycles. The molecule has 0 fully saturated rings. The highest BCUT2D eigenvalue weighted by atomic mass is 16.3. The van der Waals surface area contributed by atoms with E-state index in [9.17, 15) is 4.79 Å². The zero-order chi connectivity index (χ0) is 9.97. The van der Waals surface area contributed by atoms with E-state index in [0.717, 1.165) is 23.3 Å². The zero-order valence-corrected chi connectivity index (χ0v) is 7.73. The minimum Gasteiger partial charge on any atom is -0.448 e. The molecular formula is C11H9NO2. The van der Waals surface area contributed by atoms with Gasteiger partial charge in [-0.2, -0.15) is 0 Å². The Morgan fingerprint density at radius 1 is 1.29 bits per heavy atom. The van der Waals surface area contributed by atoms with Crippen LogP contribution < -0.4 is 0 Å². The molecule has 0 atom stereocenters. The lowest BCUT2D eigenvalue weighted by Gasteiger charge is -1.97. The van der Waals surface area contributed by atoms with Gasteiger partial charge >= 0.3 is 0 Å². The molecule has 3 nitrogen and oxygen atoms in total. The highest BCUT2D eigenvalue weighted by Crippen LogP contribution is 2.21. The van der Waals surface area contributed by atoms with Crippen molar-refractivity contribution in [2.45, 2.75) is 6.92 Å². The third-order valence-electron chi connectivity index (χ3n) is 2.06. The van der Waals surface area contributed by atoms with Crippen molar-refractivity contribution in [1.82, 2.24) is 4.98 Å². The monoisotopic (exact) mass is 187 g/mol. The van der Waals surface area contributed by atoms with Gasteiger partial charge in [-0.1, -0.05) is 24.3 Å². The lowest BCUT2D eigenvalue weighted by atomic mass is 10.1. The van der Waals surface area contributed by atoms with Crippen molar-refractivity contribution in [3.05, 3.63) is 42.0 Å². The fourth-order valence-electron chi connectivity index (χ4n) is 1.30. The molecule has 2 aromatic rings. The number of oxazole rings is 1. The minimum absolute atomic E-state index is 0.662. The smallest absolute Gasteiger partial charge is 0.181 e. The van der Waals surface area contributed by atoms with Gasteiger partial charge in [0.05, 0.1) is 0 Å². The van der Waals surface area contributed by atoms with Gasteiger partial charge in [0.2, 0.25) is 0 Å². The predicted octanol–water partition coefficient (Wildman–Crippen LogP) is 2.46. The normalized spacial score (nSPS) is 10.1. The average Bonchev–Trinajstić information content (AvgIpc) is 2.65. The summed E-state index contributed by atoms with van der Waals surface area (Å²) in [6, 6.07) is 7.23. The van der Waals surface area contributed by atoms with Crippen molar-refractivity contribution in [1.29, 1.82) is 0 Å². The third kappa shape index (κ3) is 1.44. The number of nitrogens with zero attached hydrogens (tertiary/aromatic N) is 1. The summed E-state index contributed by atoms with van der Waals surface area (Å²) in [6.45, 7) is 1.86. The number of carbonyl (C=O) groups excluding carboxylic acids is 1. The van der Waals surface area contributed by atoms with Gasteiger partial charge in [0.15, 0.2) is 6.39 Å². The number of benzene rings is 1. The van der Waals surface area contributed by atoms with Crippen LogP contribution in [-0.2, 0) is 0 Å². The molecular weight excluding hydrogens is 178 g/mol. The molecule has 1 aromatic heterocycles. The number of hydrogen-bond acceptors (Lipinski definition) is 3. The Labute approximate surface area is 81.4 Å². The van der Waals surface area contributed by atoms with Gasteiger partial charge in [-0.05, 0) is 6.92 Å². The highest BCUT2D eigenvalue weighted by Gasteiger charge is 2.05. The highest BCUT2D eigenvalue weighted by molar-refractivity contribution is 5.76. The van der Waals surface area contributed by atoms with E-state index in [1.54, 1.807) is 12.1 Å². The van der Waals surface area contributed by atoms with Crippen LogP contribution in [-0.4, -0.2) is 11.3 Å². The second-order valence-corrected chi connectivity index (χ2v) is 3.00. The Bertz CT molecular complexity index is 443. The van der Waals surface area contributed by atoms with Crippen LogP contribution >= 0.6 is 0 Å². The summed E-state index contributed by atoms with van der Waals surface area (Å²) < 4.78 is 5.09. The van der Waals surface area contributed by atoms with Gasteiger partial charge < -0.3 is 4.42 Å². The summed E-state index contributed by atoms with van der Waals surface area (Å²) in [7, 11) is 0. The molecule has 3 heteroatoms. The maximum atomic E-state index is 10.4. The van der Waals surface area contributed by atoms with Crippen LogP contribution in [0.4, 0.5) is 0 Å². The summed E-state index contributed by atoms with van der Waals surface area (Å²) in [4.78, 5) is 14.5. The summed E-state index contributed by atoms with van der Waals surface area (Å²) in [5, 5.41) is 0. The van der Waals surface area contributed by atoms with Gasteiger partial charge in [0, 0.05) is 11.1 Å². The molecule has 1 aromatic carbocycles. The predicted molar refractivity (Wildman–Crippen MR) is 52.1 cm³/mol. The molecule has 1 heterocycles. The summed E-state index contributed by atoms with van der Waals surface area (Å²) >= 11 is 0. The standard InChI is InChI=1S/C11H9NO2/c1-8-11(12-7-14-8)10-4-2-9(6-13)3-5-10/h2-7H,1H3. The molecule has 0 N–H and O–H groups in total. The molecule has 0 spiro atoms. The Hall–Kier alpha value is -1.90. The molecule has 0 amide bonds. The van der Waals surface area contributed by atoms with Crippen molar-refractivity contribution >= 4 is 6.29 Å². The molecule has 0 aliphatic carbocycles. The average molecular weight is 187 g/mol. The fraction of sp³-hybridized carbons (Fsp3) is 0.0909. The number of carbonyl (C=O) groups is 1. The van der Waals surface area contributed by atoms with Gasteiger partial charge in [0.25, 0.3) is 0 Å². The van der Waals surface area contributed by atoms with E-state index in [1.165, 1.54) is 6.39 Å². The van der Waals surface area contributed by atoms with E-state index >= 15 is 0 Å². The van der Waals surface area contributed by atoms with Crippen molar-refractivity contribution in [3.63, 3.8) is 0 Å². The first-order chi connectivity index (χ1) is 6.81. The number of aromatic nitrogens is 1. The molecule has 14 heavy (non-hydrogen) atoms. The number of hydrogen-bond donors (Lipinski definition) is 0. The van der Waals surface area contributed by atoms with Crippen LogP contribution in [0.1, 0.15) is 16.1 Å². The van der Waals surface area contributed by atoms with E-state index in [0.29, 0.717) is 5.56 Å². The number of rotatable bonds is 2. The van der Waals surface area contributed by atoms with Crippen LogP contribution in [0.15, 0.2) is 35.1 Å². The zero-order valence-electron chi connectivity index (χ0n) is 7.73. The largest absolute Gasteiger partial charge is 0.448 e. The second-order valence-electron chi connectivity index (χ2n) is 3.00. The maximum Gasteiger partial charge on any atom is 0.181 e. The first-order valence-electron chi connectivity index (χ1n) is 4.27. The Kier molecular flexibility index (Phi) is 2.14. The van der Waals surface area contributed by atoms with E-state index in [1.807, 2.05) is 19.1 Å². The van der Waals surface area contributed by atoms with Gasteiger partial charge in [0.1, 0.15) is 17.7 Å². The second kappa shape index (κ2) is 3.46. The van der Waals surface area contributed by atoms with E-state index in [2.05, 4.69) is 4.98 Å². The SMILES string of the molecule is Cc1ocnc1-c1ccc(C=O)cc1. The van der Waals surface area contributed by atoms with Gasteiger partial charge in [-0.3, -0.25) is 4.79 Å². The Morgan fingerprint density at radius 3 is 2.50 bits per heavy atom. The van der Waals surface area contributed by atoms with E-state index in [4.69, 9.17) is 4.42 Å². The van der Waals surface area contributed by atoms with Crippen LogP contribution in [0.2, 0.25) is 0 Å². The molecule has 70 valence electrons. The molecule has 0 saturated carbocycles. The quantitative estimate of drug-likeness (QED) is 0.678. The Balaban J connectivity index is 2.43. The molecule has 2 rings (SSSR count). The van der Waals surface area contributed by atoms with E-state index < -0.39 is 0 Å². The van der Waals surface area contributed by atoms with Gasteiger partial charge in [-0.25, -0.2) is 4.98 Å². The molecule has 0 unspecified atom stereocenters. The first-order valence-corrected chi connectivity index (χ1v) is 4.27. The molecule has 0 radical (unpaired) electrons. The van der Waals surface area contributed by atoms with Crippen molar-refractivity contribution < 1.29 is 9.21 Å². The minimum atomic E-state index is 0.662. The van der Waals surface area contributed by atoms with Crippen molar-refractivity contribution in [2.24, 2.45) is 0 Å². The molecule has 0 aliphatic rings. The Morgan fingerprint density at radius 2 is 2.00 bits per heavy atom. The van der Waals surface area contributed by atoms with Crippen LogP contribution in [0, 0.1) is 6.92 Å². The summed E-state index contributed by atoms with van der Waals surface area (Å²) in [6.07, 6.45) is 2.23.